The van der Waals surface area contributed by atoms with E-state index in [1.807, 2.05) is 4.72 Å². The number of thiophene rings is 1. The van der Waals surface area contributed by atoms with Crippen molar-refractivity contribution in [3.8, 4) is 0 Å². The fourth-order valence-electron chi connectivity index (χ4n) is 1.21. The van der Waals surface area contributed by atoms with Crippen molar-refractivity contribution < 1.29 is 13.2 Å². The van der Waals surface area contributed by atoms with Crippen LogP contribution in [0.2, 0.25) is 4.34 Å². The van der Waals surface area contributed by atoms with Gasteiger partial charge in [0.05, 0.1) is 16.2 Å². The van der Waals surface area contributed by atoms with E-state index in [0.29, 0.717) is 10.0 Å². The summed E-state index contributed by atoms with van der Waals surface area (Å²) < 4.78 is 25.8. The first-order valence-corrected chi connectivity index (χ1v) is 7.64. The van der Waals surface area contributed by atoms with Crippen LogP contribution in [-0.2, 0) is 10.0 Å². The summed E-state index contributed by atoms with van der Waals surface area (Å²) in [6, 6.07) is 5.11. The molecule has 2 heterocycles. The zero-order valence-corrected chi connectivity index (χ0v) is 11.7. The Morgan fingerprint density at radius 3 is 2.68 bits per heavy atom. The van der Waals surface area contributed by atoms with E-state index in [4.69, 9.17) is 11.6 Å². The van der Waals surface area contributed by atoms with Gasteiger partial charge in [0, 0.05) is 6.20 Å². The summed E-state index contributed by atoms with van der Waals surface area (Å²) >= 11 is 6.52. The van der Waals surface area contributed by atoms with Gasteiger partial charge in [0.2, 0.25) is 0 Å². The first-order valence-electron chi connectivity index (χ1n) is 4.96. The Morgan fingerprint density at radius 1 is 1.32 bits per heavy atom. The van der Waals surface area contributed by atoms with Crippen LogP contribution in [0.3, 0.4) is 0 Å². The maximum absolute atomic E-state index is 11.8. The van der Waals surface area contributed by atoms with Gasteiger partial charge in [0.25, 0.3) is 10.0 Å². The molecule has 100 valence electrons. The van der Waals surface area contributed by atoms with Gasteiger partial charge in [0.1, 0.15) is 4.21 Å². The third-order valence-corrected chi connectivity index (χ3v) is 5.01. The Balaban J connectivity index is 2.07. The minimum Gasteiger partial charge on any atom is -0.306 e. The number of carbonyl (C=O) groups is 1. The van der Waals surface area contributed by atoms with Crippen LogP contribution in [-0.4, -0.2) is 19.4 Å². The highest BCUT2D eigenvalue weighted by Gasteiger charge is 2.19. The number of hydrogen-bond acceptors (Lipinski definition) is 5. The molecule has 0 aliphatic heterocycles. The molecule has 9 heteroatoms. The summed E-state index contributed by atoms with van der Waals surface area (Å²) in [5, 5.41) is 2.35. The molecule has 0 spiro atoms. The molecule has 2 rings (SSSR count). The van der Waals surface area contributed by atoms with Gasteiger partial charge in [-0.15, -0.1) is 11.3 Å². The molecule has 0 radical (unpaired) electrons. The van der Waals surface area contributed by atoms with Crippen molar-refractivity contribution in [2.75, 3.05) is 5.32 Å². The Hall–Kier alpha value is -1.64. The number of aromatic nitrogens is 1. The van der Waals surface area contributed by atoms with Gasteiger partial charge in [-0.05, 0) is 24.3 Å². The molecular formula is C10H8ClN3O3S2. The number of urea groups is 1. The number of sulfonamides is 1. The molecule has 0 unspecified atom stereocenters. The van der Waals surface area contributed by atoms with Crippen LogP contribution >= 0.6 is 22.9 Å². The Bertz CT molecular complexity index is 685. The first-order chi connectivity index (χ1) is 8.97. The second-order valence-corrected chi connectivity index (χ2v) is 6.98. The number of halogens is 1. The van der Waals surface area contributed by atoms with Crippen molar-refractivity contribution in [2.45, 2.75) is 4.21 Å². The highest BCUT2D eigenvalue weighted by molar-refractivity contribution is 7.92. The van der Waals surface area contributed by atoms with Gasteiger partial charge < -0.3 is 5.32 Å². The average molecular weight is 318 g/mol. The molecular weight excluding hydrogens is 310 g/mol. The first kappa shape index (κ1) is 13.8. The molecule has 0 bridgehead atoms. The number of amides is 2. The van der Waals surface area contributed by atoms with Crippen molar-refractivity contribution in [1.29, 1.82) is 0 Å². The lowest BCUT2D eigenvalue weighted by Gasteiger charge is -2.06. The summed E-state index contributed by atoms with van der Waals surface area (Å²) in [4.78, 5) is 15.3. The lowest BCUT2D eigenvalue weighted by molar-refractivity contribution is 0.256. The smallest absolute Gasteiger partial charge is 0.306 e. The van der Waals surface area contributed by atoms with Crippen molar-refractivity contribution in [3.05, 3.63) is 41.0 Å². The largest absolute Gasteiger partial charge is 0.333 e. The number of nitrogens with zero attached hydrogens (tertiary/aromatic N) is 1. The van der Waals surface area contributed by atoms with E-state index in [1.165, 1.54) is 24.5 Å². The molecule has 0 fully saturated rings. The number of carbonyl (C=O) groups excluding carboxylic acids is 1. The minimum absolute atomic E-state index is 0.0289. The van der Waals surface area contributed by atoms with Crippen LogP contribution in [0.1, 0.15) is 0 Å². The van der Waals surface area contributed by atoms with Gasteiger partial charge in [-0.1, -0.05) is 11.6 Å². The van der Waals surface area contributed by atoms with Crippen molar-refractivity contribution >= 4 is 44.7 Å². The van der Waals surface area contributed by atoms with Crippen LogP contribution < -0.4 is 10.0 Å². The van der Waals surface area contributed by atoms with Crippen LogP contribution in [0.15, 0.2) is 40.9 Å². The zero-order chi connectivity index (χ0) is 13.9. The molecule has 2 aromatic heterocycles. The van der Waals surface area contributed by atoms with E-state index in [-0.39, 0.29) is 4.21 Å². The van der Waals surface area contributed by atoms with E-state index in [2.05, 4.69) is 10.3 Å². The van der Waals surface area contributed by atoms with Gasteiger partial charge >= 0.3 is 6.03 Å². The molecule has 0 aliphatic rings. The number of anilines is 1. The van der Waals surface area contributed by atoms with Gasteiger partial charge in [0.15, 0.2) is 0 Å². The summed E-state index contributed by atoms with van der Waals surface area (Å²) in [5.41, 5.74) is 0.388. The molecule has 0 atom stereocenters. The fourth-order valence-corrected chi connectivity index (χ4v) is 3.60. The van der Waals surface area contributed by atoms with Crippen molar-refractivity contribution in [1.82, 2.24) is 9.71 Å². The van der Waals surface area contributed by atoms with Gasteiger partial charge in [-0.25, -0.2) is 17.9 Å². The maximum Gasteiger partial charge on any atom is 0.333 e. The van der Waals surface area contributed by atoms with E-state index in [1.54, 1.807) is 12.1 Å². The highest BCUT2D eigenvalue weighted by Crippen LogP contribution is 2.25. The van der Waals surface area contributed by atoms with Crippen molar-refractivity contribution in [3.63, 3.8) is 0 Å². The van der Waals surface area contributed by atoms with E-state index in [0.717, 1.165) is 11.3 Å². The third-order valence-electron chi connectivity index (χ3n) is 1.96. The molecule has 6 nitrogen and oxygen atoms in total. The summed E-state index contributed by atoms with van der Waals surface area (Å²) in [6.45, 7) is 0. The summed E-state index contributed by atoms with van der Waals surface area (Å²) in [7, 11) is -3.91. The second kappa shape index (κ2) is 5.55. The minimum atomic E-state index is -3.91. The van der Waals surface area contributed by atoms with Crippen LogP contribution in [0.4, 0.5) is 10.5 Å². The predicted molar refractivity (Wildman–Crippen MR) is 72.9 cm³/mol. The quantitative estimate of drug-likeness (QED) is 0.909. The molecule has 0 saturated heterocycles. The lowest BCUT2D eigenvalue weighted by Crippen LogP contribution is -2.33. The molecule has 19 heavy (non-hydrogen) atoms. The van der Waals surface area contributed by atoms with Crippen LogP contribution in [0.25, 0.3) is 0 Å². The zero-order valence-electron chi connectivity index (χ0n) is 9.33. The SMILES string of the molecule is O=C(Nc1cccnc1)NS(=O)(=O)c1ccc(Cl)s1. The number of rotatable bonds is 3. The topological polar surface area (TPSA) is 88.2 Å². The second-order valence-electron chi connectivity index (χ2n) is 3.36. The Labute approximate surface area is 118 Å². The molecule has 2 amide bonds. The molecule has 0 saturated carbocycles. The Kier molecular flexibility index (Phi) is 4.03. The summed E-state index contributed by atoms with van der Waals surface area (Å²) in [5.74, 6) is 0. The van der Waals surface area contributed by atoms with Gasteiger partial charge in [-0.3, -0.25) is 4.98 Å². The number of nitrogens with one attached hydrogen (secondary N) is 2. The summed E-state index contributed by atoms with van der Waals surface area (Å²) in [6.07, 6.45) is 2.93. The third kappa shape index (κ3) is 3.66. The number of hydrogen-bond donors (Lipinski definition) is 2. The maximum atomic E-state index is 11.8. The number of pyridine rings is 1. The normalized spacial score (nSPS) is 11.0. The van der Waals surface area contributed by atoms with Crippen molar-refractivity contribution in [2.24, 2.45) is 0 Å². The van der Waals surface area contributed by atoms with Gasteiger partial charge in [-0.2, -0.15) is 0 Å². The van der Waals surface area contributed by atoms with E-state index in [9.17, 15) is 13.2 Å². The monoisotopic (exact) mass is 317 g/mol. The Morgan fingerprint density at radius 2 is 2.11 bits per heavy atom. The molecule has 0 aromatic carbocycles. The van der Waals surface area contributed by atoms with Crippen LogP contribution in [0, 0.1) is 0 Å². The predicted octanol–water partition coefficient (Wildman–Crippen LogP) is 2.31. The lowest BCUT2D eigenvalue weighted by atomic mass is 10.4. The molecule has 0 aliphatic carbocycles. The molecule has 2 aromatic rings. The van der Waals surface area contributed by atoms with E-state index < -0.39 is 16.1 Å². The average Bonchev–Trinajstić information content (AvgIpc) is 2.77. The van der Waals surface area contributed by atoms with Crippen LogP contribution in [0.5, 0.6) is 0 Å². The van der Waals surface area contributed by atoms with E-state index >= 15 is 0 Å². The fraction of sp³-hybridized carbons (Fsp3) is 0. The standard InChI is InChI=1S/C10H8ClN3O3S2/c11-8-3-4-9(18-8)19(16,17)14-10(15)13-7-2-1-5-12-6-7/h1-6H,(H2,13,14,15). The highest BCUT2D eigenvalue weighted by atomic mass is 35.5. The molecule has 2 N–H and O–H groups in total.